The van der Waals surface area contributed by atoms with Gasteiger partial charge in [0.2, 0.25) is 0 Å². The second-order valence-electron chi connectivity index (χ2n) is 4.77. The first-order chi connectivity index (χ1) is 10.2. The summed E-state index contributed by atoms with van der Waals surface area (Å²) in [6.45, 7) is 2.80. The Balaban J connectivity index is 2.06. The van der Waals surface area contributed by atoms with Gasteiger partial charge >= 0.3 is 0 Å². The molecule has 4 nitrogen and oxygen atoms in total. The second kappa shape index (κ2) is 6.03. The molecule has 0 saturated carbocycles. The average Bonchev–Trinajstić information content (AvgIpc) is 3.04. The summed E-state index contributed by atoms with van der Waals surface area (Å²) in [5.74, 6) is 2.35. The Labute approximate surface area is 132 Å². The van der Waals surface area contributed by atoms with E-state index in [4.69, 9.17) is 16.3 Å². The maximum Gasteiger partial charge on any atom is 0.121 e. The fourth-order valence-corrected chi connectivity index (χ4v) is 3.29. The molecule has 0 aliphatic heterocycles. The lowest BCUT2D eigenvalue weighted by atomic mass is 10.3. The van der Waals surface area contributed by atoms with Crippen LogP contribution in [0.2, 0.25) is 0 Å². The Morgan fingerprint density at radius 2 is 2.24 bits per heavy atom. The third-order valence-electron chi connectivity index (χ3n) is 3.32. The average molecular weight is 322 g/mol. The molecule has 0 spiro atoms. The Morgan fingerprint density at radius 3 is 2.90 bits per heavy atom. The van der Waals surface area contributed by atoms with Gasteiger partial charge in [-0.3, -0.25) is 0 Å². The minimum absolute atomic E-state index is 0.553. The van der Waals surface area contributed by atoms with E-state index in [-0.39, 0.29) is 0 Å². The van der Waals surface area contributed by atoms with Gasteiger partial charge in [-0.2, -0.15) is 0 Å². The van der Waals surface area contributed by atoms with Crippen molar-refractivity contribution >= 4 is 34.0 Å². The van der Waals surface area contributed by atoms with E-state index >= 15 is 0 Å². The number of halogens is 1. The van der Waals surface area contributed by atoms with Crippen LogP contribution in [0.25, 0.3) is 11.0 Å². The zero-order valence-corrected chi connectivity index (χ0v) is 13.5. The molecule has 0 radical (unpaired) electrons. The summed E-state index contributed by atoms with van der Waals surface area (Å²) < 4.78 is 7.46. The van der Waals surface area contributed by atoms with Gasteiger partial charge in [0.25, 0.3) is 0 Å². The van der Waals surface area contributed by atoms with Gasteiger partial charge in [-0.1, -0.05) is 0 Å². The van der Waals surface area contributed by atoms with E-state index in [2.05, 4.69) is 21.5 Å². The Morgan fingerprint density at radius 1 is 1.38 bits per heavy atom. The third-order valence-corrected chi connectivity index (χ3v) is 4.40. The lowest BCUT2D eigenvalue weighted by Crippen LogP contribution is -2.05. The molecule has 110 valence electrons. The van der Waals surface area contributed by atoms with E-state index in [1.165, 1.54) is 4.88 Å². The van der Waals surface area contributed by atoms with Gasteiger partial charge in [-0.15, -0.1) is 22.9 Å². The van der Waals surface area contributed by atoms with E-state index in [1.54, 1.807) is 18.4 Å². The standard InChI is InChI=1S/C15H16ClN3OS/c1-10-8-17-15(21-10)9-19-13-4-3-11(20-2)7-12(13)18-14(19)5-6-16/h3-4,7-8H,5-6,9H2,1-2H3. The summed E-state index contributed by atoms with van der Waals surface area (Å²) in [7, 11) is 1.66. The lowest BCUT2D eigenvalue weighted by molar-refractivity contribution is 0.415. The van der Waals surface area contributed by atoms with Crippen LogP contribution < -0.4 is 4.74 Å². The molecular weight excluding hydrogens is 306 g/mol. The molecule has 0 aliphatic carbocycles. The molecular formula is C15H16ClN3OS. The third kappa shape index (κ3) is 2.89. The maximum atomic E-state index is 5.91. The molecule has 3 aromatic rings. The van der Waals surface area contributed by atoms with Gasteiger partial charge in [-0.05, 0) is 19.1 Å². The van der Waals surface area contributed by atoms with Crippen molar-refractivity contribution in [2.75, 3.05) is 13.0 Å². The number of fused-ring (bicyclic) bond motifs is 1. The SMILES string of the molecule is COc1ccc2c(c1)nc(CCCl)n2Cc1ncc(C)s1. The minimum Gasteiger partial charge on any atom is -0.497 e. The van der Waals surface area contributed by atoms with Crippen molar-refractivity contribution in [1.29, 1.82) is 0 Å². The summed E-state index contributed by atoms with van der Waals surface area (Å²) >= 11 is 7.62. The molecule has 0 bridgehead atoms. The van der Waals surface area contributed by atoms with E-state index < -0.39 is 0 Å². The largest absolute Gasteiger partial charge is 0.497 e. The lowest BCUT2D eigenvalue weighted by Gasteiger charge is -2.06. The van der Waals surface area contributed by atoms with Gasteiger partial charge < -0.3 is 9.30 Å². The number of thiazole rings is 1. The molecule has 0 saturated heterocycles. The van der Waals surface area contributed by atoms with Crippen LogP contribution in [-0.2, 0) is 13.0 Å². The predicted molar refractivity (Wildman–Crippen MR) is 86.7 cm³/mol. The number of rotatable bonds is 5. The van der Waals surface area contributed by atoms with E-state index in [1.807, 2.05) is 24.4 Å². The zero-order valence-electron chi connectivity index (χ0n) is 12.0. The number of hydrogen-bond acceptors (Lipinski definition) is 4. The smallest absolute Gasteiger partial charge is 0.121 e. The van der Waals surface area contributed by atoms with Crippen LogP contribution in [0, 0.1) is 6.92 Å². The number of aromatic nitrogens is 3. The second-order valence-corrected chi connectivity index (χ2v) is 6.47. The fourth-order valence-electron chi connectivity index (χ4n) is 2.35. The molecule has 1 aromatic carbocycles. The van der Waals surface area contributed by atoms with Crippen molar-refractivity contribution in [2.45, 2.75) is 19.9 Å². The van der Waals surface area contributed by atoms with Gasteiger partial charge in [-0.25, -0.2) is 9.97 Å². The summed E-state index contributed by atoms with van der Waals surface area (Å²) in [6.07, 6.45) is 2.65. The highest BCUT2D eigenvalue weighted by molar-refractivity contribution is 7.11. The first-order valence-electron chi connectivity index (χ1n) is 6.71. The molecule has 0 atom stereocenters. The summed E-state index contributed by atoms with van der Waals surface area (Å²) in [4.78, 5) is 10.4. The molecule has 0 N–H and O–H groups in total. The van der Waals surface area contributed by atoms with Crippen LogP contribution >= 0.6 is 22.9 Å². The first kappa shape index (κ1) is 14.4. The van der Waals surface area contributed by atoms with Crippen LogP contribution in [0.1, 0.15) is 15.7 Å². The monoisotopic (exact) mass is 321 g/mol. The van der Waals surface area contributed by atoms with E-state index in [9.17, 15) is 0 Å². The predicted octanol–water partition coefficient (Wildman–Crippen LogP) is 3.64. The van der Waals surface area contributed by atoms with Crippen LogP contribution in [-0.4, -0.2) is 27.5 Å². The van der Waals surface area contributed by atoms with Crippen LogP contribution in [0.3, 0.4) is 0 Å². The normalized spacial score (nSPS) is 11.2. The number of ether oxygens (including phenoxy) is 1. The number of methoxy groups -OCH3 is 1. The fraction of sp³-hybridized carbons (Fsp3) is 0.333. The molecule has 6 heteroatoms. The number of alkyl halides is 1. The number of nitrogens with zero attached hydrogens (tertiary/aromatic N) is 3. The van der Waals surface area contributed by atoms with Crippen molar-refractivity contribution in [3.8, 4) is 5.75 Å². The highest BCUT2D eigenvalue weighted by Gasteiger charge is 2.13. The van der Waals surface area contributed by atoms with Crippen molar-refractivity contribution in [3.05, 3.63) is 40.1 Å². The summed E-state index contributed by atoms with van der Waals surface area (Å²) in [5.41, 5.74) is 2.02. The number of imidazole rings is 1. The zero-order chi connectivity index (χ0) is 14.8. The van der Waals surface area contributed by atoms with E-state index in [0.29, 0.717) is 5.88 Å². The molecule has 21 heavy (non-hydrogen) atoms. The molecule has 0 unspecified atom stereocenters. The summed E-state index contributed by atoms with van der Waals surface area (Å²) in [5, 5.41) is 1.08. The summed E-state index contributed by atoms with van der Waals surface area (Å²) in [6, 6.07) is 5.95. The first-order valence-corrected chi connectivity index (χ1v) is 8.07. The molecule has 2 heterocycles. The molecule has 0 fully saturated rings. The molecule has 2 aromatic heterocycles. The number of aryl methyl sites for hydroxylation is 2. The molecule has 0 aliphatic rings. The Hall–Kier alpha value is -1.59. The molecule has 0 amide bonds. The van der Waals surface area contributed by atoms with Crippen LogP contribution in [0.4, 0.5) is 0 Å². The van der Waals surface area contributed by atoms with Crippen LogP contribution in [0.5, 0.6) is 5.75 Å². The maximum absolute atomic E-state index is 5.91. The van der Waals surface area contributed by atoms with Crippen molar-refractivity contribution < 1.29 is 4.74 Å². The van der Waals surface area contributed by atoms with Gasteiger partial charge in [0.15, 0.2) is 0 Å². The minimum atomic E-state index is 0.553. The van der Waals surface area contributed by atoms with Crippen molar-refractivity contribution in [1.82, 2.24) is 14.5 Å². The number of benzene rings is 1. The van der Waals surface area contributed by atoms with Crippen molar-refractivity contribution in [3.63, 3.8) is 0 Å². The molecule has 3 rings (SSSR count). The van der Waals surface area contributed by atoms with Gasteiger partial charge in [0.1, 0.15) is 16.6 Å². The van der Waals surface area contributed by atoms with Gasteiger partial charge in [0, 0.05) is 29.4 Å². The highest BCUT2D eigenvalue weighted by atomic mass is 35.5. The number of hydrogen-bond donors (Lipinski definition) is 0. The van der Waals surface area contributed by atoms with Gasteiger partial charge in [0.05, 0.1) is 24.7 Å². The van der Waals surface area contributed by atoms with Crippen LogP contribution in [0.15, 0.2) is 24.4 Å². The highest BCUT2D eigenvalue weighted by Crippen LogP contribution is 2.24. The topological polar surface area (TPSA) is 39.9 Å². The Bertz CT molecular complexity index is 765. The quantitative estimate of drug-likeness (QED) is 0.674. The van der Waals surface area contributed by atoms with E-state index in [0.717, 1.165) is 40.6 Å². The van der Waals surface area contributed by atoms with Crippen molar-refractivity contribution in [2.24, 2.45) is 0 Å². The Kier molecular flexibility index (Phi) is 4.12.